The number of carbonyl (C=O) groups is 2. The molecule has 7 nitrogen and oxygen atoms in total. The van der Waals surface area contributed by atoms with Crippen LogP contribution in [0, 0.1) is 0 Å². The molecule has 2 saturated heterocycles. The first-order valence-electron chi connectivity index (χ1n) is 10.5. The van der Waals surface area contributed by atoms with Crippen molar-refractivity contribution in [3.63, 3.8) is 0 Å². The molecule has 0 aromatic heterocycles. The summed E-state index contributed by atoms with van der Waals surface area (Å²) in [6.45, 7) is 4.49. The summed E-state index contributed by atoms with van der Waals surface area (Å²) in [5.74, 6) is -0.981. The number of sulfonamides is 1. The summed E-state index contributed by atoms with van der Waals surface area (Å²) in [4.78, 5) is 26.7. The number of nitrogens with zero attached hydrogens (tertiary/aromatic N) is 2. The van der Waals surface area contributed by atoms with Crippen LogP contribution in [0.15, 0.2) is 23.1 Å². The lowest BCUT2D eigenvalue weighted by Crippen LogP contribution is -2.49. The molecule has 2 atom stereocenters. The third-order valence-corrected chi connectivity index (χ3v) is 8.29. The van der Waals surface area contributed by atoms with Gasteiger partial charge in [-0.15, -0.1) is 0 Å². The Morgan fingerprint density at radius 3 is 2.33 bits per heavy atom. The minimum absolute atomic E-state index is 0.0579. The van der Waals surface area contributed by atoms with Crippen LogP contribution in [0.3, 0.4) is 0 Å². The zero-order valence-electron chi connectivity index (χ0n) is 17.5. The molecule has 2 fully saturated rings. The number of halogens is 1. The van der Waals surface area contributed by atoms with Gasteiger partial charge in [0.1, 0.15) is 4.90 Å². The second-order valence-electron chi connectivity index (χ2n) is 8.12. The van der Waals surface area contributed by atoms with Crippen LogP contribution in [-0.4, -0.2) is 61.3 Å². The smallest absolute Gasteiger partial charge is 0.338 e. The fourth-order valence-electron chi connectivity index (χ4n) is 4.27. The summed E-state index contributed by atoms with van der Waals surface area (Å²) in [5.41, 5.74) is 0.0579. The van der Waals surface area contributed by atoms with E-state index >= 15 is 0 Å². The maximum absolute atomic E-state index is 13.0. The van der Waals surface area contributed by atoms with E-state index in [1.165, 1.54) is 22.5 Å². The predicted molar refractivity (Wildman–Crippen MR) is 114 cm³/mol. The van der Waals surface area contributed by atoms with Crippen LogP contribution in [-0.2, 0) is 19.6 Å². The fraction of sp³-hybridized carbons (Fsp3) is 0.619. The normalized spacial score (nSPS) is 23.2. The average Bonchev–Trinajstić information content (AvgIpc) is 2.72. The molecule has 0 radical (unpaired) electrons. The van der Waals surface area contributed by atoms with Crippen molar-refractivity contribution in [2.24, 2.45) is 0 Å². The first-order chi connectivity index (χ1) is 14.2. The molecule has 0 aliphatic carbocycles. The van der Waals surface area contributed by atoms with Crippen LogP contribution >= 0.6 is 11.6 Å². The minimum Gasteiger partial charge on any atom is -0.452 e. The van der Waals surface area contributed by atoms with Crippen LogP contribution in [0.2, 0.25) is 5.02 Å². The molecule has 0 spiro atoms. The summed E-state index contributed by atoms with van der Waals surface area (Å²) in [5, 5.41) is 0.0594. The number of ether oxygens (including phenoxy) is 1. The highest BCUT2D eigenvalue weighted by molar-refractivity contribution is 7.89. The summed E-state index contributed by atoms with van der Waals surface area (Å²) in [7, 11) is -3.79. The molecule has 9 heteroatoms. The Bertz CT molecular complexity index is 889. The maximum atomic E-state index is 13.0. The first kappa shape index (κ1) is 23.0. The molecular formula is C21H29ClN2O5S. The number of rotatable bonds is 5. The molecule has 2 heterocycles. The molecule has 2 aliphatic heterocycles. The largest absolute Gasteiger partial charge is 0.452 e. The molecule has 3 rings (SSSR count). The van der Waals surface area contributed by atoms with Crippen LogP contribution in [0.1, 0.15) is 62.7 Å². The third kappa shape index (κ3) is 4.98. The highest BCUT2D eigenvalue weighted by atomic mass is 35.5. The molecule has 1 aromatic carbocycles. The lowest BCUT2D eigenvalue weighted by atomic mass is 9.97. The van der Waals surface area contributed by atoms with Gasteiger partial charge in [-0.05, 0) is 64.2 Å². The molecule has 0 saturated carbocycles. The van der Waals surface area contributed by atoms with Crippen molar-refractivity contribution in [2.45, 2.75) is 69.4 Å². The highest BCUT2D eigenvalue weighted by Crippen LogP contribution is 2.28. The van der Waals surface area contributed by atoms with Gasteiger partial charge in [-0.25, -0.2) is 13.2 Å². The van der Waals surface area contributed by atoms with Crippen molar-refractivity contribution in [1.29, 1.82) is 0 Å². The second kappa shape index (κ2) is 9.66. The molecule has 0 bridgehead atoms. The number of carbonyl (C=O) groups excluding carboxylic acids is 2. The number of hydrogen-bond donors (Lipinski definition) is 0. The Hall–Kier alpha value is -1.64. The number of benzene rings is 1. The van der Waals surface area contributed by atoms with Crippen LogP contribution in [0.4, 0.5) is 0 Å². The minimum atomic E-state index is -3.79. The summed E-state index contributed by atoms with van der Waals surface area (Å²) < 4.78 is 32.5. The Morgan fingerprint density at radius 1 is 1.07 bits per heavy atom. The monoisotopic (exact) mass is 456 g/mol. The van der Waals surface area contributed by atoms with E-state index in [1.54, 1.807) is 4.90 Å². The van der Waals surface area contributed by atoms with E-state index < -0.39 is 16.0 Å². The van der Waals surface area contributed by atoms with E-state index in [0.717, 1.165) is 38.5 Å². The predicted octanol–water partition coefficient (Wildman–Crippen LogP) is 3.46. The quantitative estimate of drug-likeness (QED) is 0.633. The summed E-state index contributed by atoms with van der Waals surface area (Å²) in [6, 6.07) is 4.25. The number of amides is 1. The van der Waals surface area contributed by atoms with Gasteiger partial charge in [0.05, 0.1) is 10.6 Å². The maximum Gasteiger partial charge on any atom is 0.338 e. The SMILES string of the molecule is C[C@H]1CCC[C@H](C)N1C(=O)COC(=O)c1ccc(Cl)c(S(=O)(=O)N2CCCCC2)c1. The molecular weight excluding hydrogens is 428 g/mol. The number of likely N-dealkylation sites (tertiary alicyclic amines) is 1. The zero-order chi connectivity index (χ0) is 21.9. The Kier molecular flexibility index (Phi) is 7.42. The Labute approximate surface area is 183 Å². The van der Waals surface area contributed by atoms with Crippen molar-refractivity contribution in [2.75, 3.05) is 19.7 Å². The molecule has 0 N–H and O–H groups in total. The van der Waals surface area contributed by atoms with Crippen molar-refractivity contribution < 1.29 is 22.7 Å². The fourth-order valence-corrected chi connectivity index (χ4v) is 6.29. The lowest BCUT2D eigenvalue weighted by Gasteiger charge is -2.38. The van der Waals surface area contributed by atoms with Crippen LogP contribution in [0.25, 0.3) is 0 Å². The van der Waals surface area contributed by atoms with Crippen molar-refractivity contribution in [3.05, 3.63) is 28.8 Å². The van der Waals surface area contributed by atoms with Crippen molar-refractivity contribution in [3.8, 4) is 0 Å². The summed E-state index contributed by atoms with van der Waals surface area (Å²) >= 11 is 6.15. The lowest BCUT2D eigenvalue weighted by molar-refractivity contribution is -0.140. The number of esters is 1. The average molecular weight is 457 g/mol. The van der Waals surface area contributed by atoms with Gasteiger partial charge < -0.3 is 9.64 Å². The van der Waals surface area contributed by atoms with Crippen molar-refractivity contribution >= 4 is 33.5 Å². The molecule has 1 amide bonds. The first-order valence-corrected chi connectivity index (χ1v) is 12.3. The van der Waals surface area contributed by atoms with Gasteiger partial charge in [-0.3, -0.25) is 4.79 Å². The van der Waals surface area contributed by atoms with Crippen LogP contribution < -0.4 is 0 Å². The van der Waals surface area contributed by atoms with Gasteiger partial charge in [0.15, 0.2) is 6.61 Å². The van der Waals surface area contributed by atoms with Crippen LogP contribution in [0.5, 0.6) is 0 Å². The second-order valence-corrected chi connectivity index (χ2v) is 10.4. The zero-order valence-corrected chi connectivity index (χ0v) is 19.0. The molecule has 2 aliphatic rings. The van der Waals surface area contributed by atoms with Gasteiger partial charge in [0.2, 0.25) is 10.0 Å². The van der Waals surface area contributed by atoms with Crippen molar-refractivity contribution in [1.82, 2.24) is 9.21 Å². The Morgan fingerprint density at radius 2 is 1.70 bits per heavy atom. The number of piperidine rings is 2. The van der Waals surface area contributed by atoms with Gasteiger partial charge in [-0.2, -0.15) is 4.31 Å². The van der Waals surface area contributed by atoms with E-state index in [9.17, 15) is 18.0 Å². The van der Waals surface area contributed by atoms with Gasteiger partial charge in [0.25, 0.3) is 5.91 Å². The van der Waals surface area contributed by atoms with E-state index in [4.69, 9.17) is 16.3 Å². The molecule has 0 unspecified atom stereocenters. The summed E-state index contributed by atoms with van der Waals surface area (Å²) in [6.07, 6.45) is 5.53. The van der Waals surface area contributed by atoms with E-state index in [1.807, 2.05) is 13.8 Å². The molecule has 166 valence electrons. The Balaban J connectivity index is 1.71. The molecule has 1 aromatic rings. The van der Waals surface area contributed by atoms with Gasteiger partial charge in [-0.1, -0.05) is 18.0 Å². The van der Waals surface area contributed by atoms with E-state index in [0.29, 0.717) is 13.1 Å². The van der Waals surface area contributed by atoms with Gasteiger partial charge in [0, 0.05) is 25.2 Å². The van der Waals surface area contributed by atoms with Gasteiger partial charge >= 0.3 is 5.97 Å². The standard InChI is InChI=1S/C21H29ClN2O5S/c1-15-7-6-8-16(2)24(15)20(25)14-29-21(26)17-9-10-18(22)19(13-17)30(27,28)23-11-4-3-5-12-23/h9-10,13,15-16H,3-8,11-12,14H2,1-2H3/t15-,16-/m0/s1. The number of hydrogen-bond acceptors (Lipinski definition) is 5. The highest BCUT2D eigenvalue weighted by Gasteiger charge is 2.31. The third-order valence-electron chi connectivity index (χ3n) is 5.91. The topological polar surface area (TPSA) is 84.0 Å². The van der Waals surface area contributed by atoms with E-state index in [-0.39, 0.29) is 40.1 Å². The molecule has 30 heavy (non-hydrogen) atoms. The van der Waals surface area contributed by atoms with E-state index in [2.05, 4.69) is 0 Å².